The zero-order valence-electron chi connectivity index (χ0n) is 20.5. The summed E-state index contributed by atoms with van der Waals surface area (Å²) in [5.41, 5.74) is 4.68. The number of aryl methyl sites for hydroxylation is 2. The first-order valence-corrected chi connectivity index (χ1v) is 11.3. The zero-order valence-corrected chi connectivity index (χ0v) is 20.5. The summed E-state index contributed by atoms with van der Waals surface area (Å²) in [5, 5.41) is 11.4. The maximum Gasteiger partial charge on any atom is 0.191 e. The summed E-state index contributed by atoms with van der Waals surface area (Å²) in [4.78, 5) is 4.77. The van der Waals surface area contributed by atoms with Crippen molar-refractivity contribution in [3.05, 3.63) is 71.0 Å². The molecule has 0 radical (unpaired) electrons. The third kappa shape index (κ3) is 6.51. The molecule has 2 N–H and O–H groups in total. The van der Waals surface area contributed by atoms with Crippen LogP contribution in [0.2, 0.25) is 0 Å². The fraction of sp³-hybridized carbons (Fsp3) is 0.385. The van der Waals surface area contributed by atoms with Crippen LogP contribution in [0.5, 0.6) is 17.2 Å². The normalized spacial score (nSPS) is 12.4. The van der Waals surface area contributed by atoms with E-state index >= 15 is 0 Å². The summed E-state index contributed by atoms with van der Waals surface area (Å²) >= 11 is 0. The van der Waals surface area contributed by atoms with Gasteiger partial charge in [0.1, 0.15) is 5.75 Å². The molecule has 1 atom stereocenters. The second kappa shape index (κ2) is 11.4. The van der Waals surface area contributed by atoms with Gasteiger partial charge >= 0.3 is 0 Å². The molecule has 3 rings (SSSR count). The fourth-order valence-electron chi connectivity index (χ4n) is 3.69. The lowest BCUT2D eigenvalue weighted by atomic mass is 10.1. The van der Waals surface area contributed by atoms with Crippen molar-refractivity contribution in [3.63, 3.8) is 0 Å². The van der Waals surface area contributed by atoms with E-state index in [0.717, 1.165) is 35.9 Å². The van der Waals surface area contributed by atoms with Crippen molar-refractivity contribution in [2.45, 2.75) is 46.7 Å². The average Bonchev–Trinajstić information content (AvgIpc) is 3.04. The molecular weight excluding hydrogens is 414 g/mol. The zero-order chi connectivity index (χ0) is 23.8. The number of methoxy groups -OCH3 is 1. The van der Waals surface area contributed by atoms with E-state index in [9.17, 15) is 0 Å². The molecule has 7 nitrogen and oxygen atoms in total. The Balaban J connectivity index is 1.61. The Labute approximate surface area is 196 Å². The molecule has 0 aliphatic heterocycles. The second-order valence-electron chi connectivity index (χ2n) is 8.11. The first-order chi connectivity index (χ1) is 15.9. The summed E-state index contributed by atoms with van der Waals surface area (Å²) < 4.78 is 13.3. The lowest BCUT2D eigenvalue weighted by molar-refractivity contribution is 0.379. The predicted molar refractivity (Wildman–Crippen MR) is 133 cm³/mol. The Morgan fingerprint density at radius 1 is 1.09 bits per heavy atom. The van der Waals surface area contributed by atoms with Crippen LogP contribution >= 0.6 is 0 Å². The third-order valence-electron chi connectivity index (χ3n) is 5.54. The Bertz CT molecular complexity index is 1070. The number of para-hydroxylation sites is 2. The van der Waals surface area contributed by atoms with E-state index < -0.39 is 0 Å². The molecular formula is C26H35N5O2. The largest absolute Gasteiger partial charge is 0.493 e. The molecule has 0 saturated carbocycles. The molecule has 0 saturated heterocycles. The van der Waals surface area contributed by atoms with Crippen LogP contribution in [0.4, 0.5) is 0 Å². The van der Waals surface area contributed by atoms with Crippen LogP contribution < -0.4 is 20.1 Å². The SMILES string of the molecule is CCNC(=NCc1ccc(Oc2ccccc2OC)cc1)NC(C)Cc1c(C)nn(C)c1C. The molecule has 1 heterocycles. The van der Waals surface area contributed by atoms with Crippen LogP contribution in [0.15, 0.2) is 53.5 Å². The van der Waals surface area contributed by atoms with Crippen LogP contribution in [0.1, 0.15) is 36.4 Å². The van der Waals surface area contributed by atoms with E-state index in [2.05, 4.69) is 43.4 Å². The molecule has 7 heteroatoms. The summed E-state index contributed by atoms with van der Waals surface area (Å²) in [5.74, 6) is 2.96. The average molecular weight is 450 g/mol. The van der Waals surface area contributed by atoms with Gasteiger partial charge in [-0.1, -0.05) is 24.3 Å². The van der Waals surface area contributed by atoms with E-state index in [1.807, 2.05) is 60.3 Å². The number of aromatic nitrogens is 2. The summed E-state index contributed by atoms with van der Waals surface area (Å²) in [7, 11) is 3.63. The van der Waals surface area contributed by atoms with Gasteiger partial charge in [0.25, 0.3) is 0 Å². The standard InChI is InChI=1S/C26H35N5O2/c1-7-27-26(29-18(2)16-23-19(3)30-31(5)20(23)4)28-17-21-12-14-22(15-13-21)33-25-11-9-8-10-24(25)32-6/h8-15,18H,7,16-17H2,1-6H3,(H2,27,28,29). The van der Waals surface area contributed by atoms with Crippen LogP contribution in [-0.2, 0) is 20.0 Å². The fourth-order valence-corrected chi connectivity index (χ4v) is 3.69. The quantitative estimate of drug-likeness (QED) is 0.371. The minimum atomic E-state index is 0.223. The number of nitrogens with one attached hydrogen (secondary N) is 2. The van der Waals surface area contributed by atoms with Gasteiger partial charge in [-0.2, -0.15) is 5.10 Å². The van der Waals surface area contributed by atoms with Gasteiger partial charge in [-0.05, 0) is 69.5 Å². The highest BCUT2D eigenvalue weighted by atomic mass is 16.5. The molecule has 0 aliphatic rings. The van der Waals surface area contributed by atoms with Crippen molar-refractivity contribution in [2.75, 3.05) is 13.7 Å². The number of guanidine groups is 1. The van der Waals surface area contributed by atoms with Gasteiger partial charge < -0.3 is 20.1 Å². The van der Waals surface area contributed by atoms with Gasteiger partial charge in [0.2, 0.25) is 0 Å². The first-order valence-electron chi connectivity index (χ1n) is 11.3. The number of ether oxygens (including phenoxy) is 2. The minimum Gasteiger partial charge on any atom is -0.493 e. The highest BCUT2D eigenvalue weighted by molar-refractivity contribution is 5.80. The molecule has 176 valence electrons. The smallest absolute Gasteiger partial charge is 0.191 e. The van der Waals surface area contributed by atoms with Crippen LogP contribution in [0, 0.1) is 13.8 Å². The Hall–Kier alpha value is -3.48. The molecule has 1 unspecified atom stereocenters. The summed E-state index contributed by atoms with van der Waals surface area (Å²) in [6, 6.07) is 15.8. The van der Waals surface area contributed by atoms with E-state index in [4.69, 9.17) is 14.5 Å². The van der Waals surface area contributed by atoms with Gasteiger partial charge in [0, 0.05) is 25.3 Å². The Kier molecular flexibility index (Phi) is 8.35. The molecule has 1 aromatic heterocycles. The van der Waals surface area contributed by atoms with Crippen molar-refractivity contribution in [1.29, 1.82) is 0 Å². The third-order valence-corrected chi connectivity index (χ3v) is 5.54. The monoisotopic (exact) mass is 449 g/mol. The molecule has 0 amide bonds. The highest BCUT2D eigenvalue weighted by Gasteiger charge is 2.14. The molecule has 33 heavy (non-hydrogen) atoms. The summed E-state index contributed by atoms with van der Waals surface area (Å²) in [6.07, 6.45) is 0.894. The Morgan fingerprint density at radius 2 is 1.79 bits per heavy atom. The number of hydrogen-bond acceptors (Lipinski definition) is 4. The van der Waals surface area contributed by atoms with E-state index in [1.165, 1.54) is 11.3 Å². The maximum atomic E-state index is 5.96. The minimum absolute atomic E-state index is 0.223. The van der Waals surface area contributed by atoms with E-state index in [0.29, 0.717) is 18.0 Å². The molecule has 0 spiro atoms. The number of aliphatic imine (C=N–C) groups is 1. The van der Waals surface area contributed by atoms with Crippen LogP contribution in [-0.4, -0.2) is 35.4 Å². The highest BCUT2D eigenvalue weighted by Crippen LogP contribution is 2.30. The van der Waals surface area contributed by atoms with Crippen molar-refractivity contribution in [1.82, 2.24) is 20.4 Å². The Morgan fingerprint density at radius 3 is 2.39 bits per heavy atom. The number of nitrogens with zero attached hydrogens (tertiary/aromatic N) is 3. The van der Waals surface area contributed by atoms with Crippen molar-refractivity contribution in [3.8, 4) is 17.2 Å². The lowest BCUT2D eigenvalue weighted by Gasteiger charge is -2.18. The molecule has 2 aromatic carbocycles. The van der Waals surface area contributed by atoms with Crippen LogP contribution in [0.25, 0.3) is 0 Å². The predicted octanol–water partition coefficient (Wildman–Crippen LogP) is 4.52. The van der Waals surface area contributed by atoms with Gasteiger partial charge in [-0.3, -0.25) is 4.68 Å². The van der Waals surface area contributed by atoms with Crippen molar-refractivity contribution in [2.24, 2.45) is 12.0 Å². The van der Waals surface area contributed by atoms with Gasteiger partial charge in [0.05, 0.1) is 19.3 Å². The first kappa shape index (κ1) is 24.2. The molecule has 3 aromatic rings. The number of benzene rings is 2. The molecule has 0 bridgehead atoms. The lowest BCUT2D eigenvalue weighted by Crippen LogP contribution is -2.43. The number of hydrogen-bond donors (Lipinski definition) is 2. The number of rotatable bonds is 9. The van der Waals surface area contributed by atoms with Crippen molar-refractivity contribution >= 4 is 5.96 Å². The molecule has 0 fully saturated rings. The van der Waals surface area contributed by atoms with E-state index in [-0.39, 0.29) is 6.04 Å². The van der Waals surface area contributed by atoms with Gasteiger partial charge in [0.15, 0.2) is 17.5 Å². The van der Waals surface area contributed by atoms with E-state index in [1.54, 1.807) is 7.11 Å². The van der Waals surface area contributed by atoms with Crippen LogP contribution in [0.3, 0.4) is 0 Å². The maximum absolute atomic E-state index is 5.96. The van der Waals surface area contributed by atoms with Gasteiger partial charge in [-0.15, -0.1) is 0 Å². The molecule has 0 aliphatic carbocycles. The topological polar surface area (TPSA) is 72.7 Å². The second-order valence-corrected chi connectivity index (χ2v) is 8.11. The van der Waals surface area contributed by atoms with Gasteiger partial charge in [-0.25, -0.2) is 4.99 Å². The van der Waals surface area contributed by atoms with Crippen molar-refractivity contribution < 1.29 is 9.47 Å². The summed E-state index contributed by atoms with van der Waals surface area (Å²) in [6.45, 7) is 9.79.